The minimum Gasteiger partial charge on any atom is -0.488 e. The number of nitrogens with zero attached hydrogens (tertiary/aromatic N) is 3. The van der Waals surface area contributed by atoms with Gasteiger partial charge in [-0.15, -0.1) is 5.10 Å². The van der Waals surface area contributed by atoms with Gasteiger partial charge in [0.25, 0.3) is 5.91 Å². The molecule has 7 heteroatoms. The third-order valence-corrected chi connectivity index (χ3v) is 10.3. The molecule has 0 spiro atoms. The summed E-state index contributed by atoms with van der Waals surface area (Å²) >= 11 is 0. The zero-order valence-electron chi connectivity index (χ0n) is 15.9. The van der Waals surface area contributed by atoms with Crippen LogP contribution in [0.4, 0.5) is 0 Å². The van der Waals surface area contributed by atoms with Gasteiger partial charge in [0, 0.05) is 5.92 Å². The lowest BCUT2D eigenvalue weighted by molar-refractivity contribution is 0.0119. The number of carbonyl (C=O) groups excluding carboxylic acids is 1. The van der Waals surface area contributed by atoms with Crippen LogP contribution >= 0.6 is 0 Å². The van der Waals surface area contributed by atoms with Crippen LogP contribution in [0.3, 0.4) is 0 Å². The van der Waals surface area contributed by atoms with Crippen LogP contribution < -0.4 is 0 Å². The van der Waals surface area contributed by atoms with E-state index in [0.29, 0.717) is 11.0 Å². The number of hydrogen-bond donors (Lipinski definition) is 0. The summed E-state index contributed by atoms with van der Waals surface area (Å²) < 4.78 is 13.6. The van der Waals surface area contributed by atoms with Gasteiger partial charge in [0.1, 0.15) is 5.52 Å². The normalized spacial score (nSPS) is 23.2. The van der Waals surface area contributed by atoms with Gasteiger partial charge in [-0.3, -0.25) is 4.79 Å². The Morgan fingerprint density at radius 3 is 2.62 bits per heavy atom. The molecule has 0 unspecified atom stereocenters. The number of rotatable bonds is 6. The number of hydrogen-bond acceptors (Lipinski definition) is 5. The van der Waals surface area contributed by atoms with Crippen molar-refractivity contribution in [1.29, 1.82) is 0 Å². The molecule has 0 bridgehead atoms. The van der Waals surface area contributed by atoms with E-state index in [4.69, 9.17) is 9.16 Å². The van der Waals surface area contributed by atoms with Crippen LogP contribution in [0.2, 0.25) is 18.1 Å². The minimum atomic E-state index is -1.77. The van der Waals surface area contributed by atoms with Crippen molar-refractivity contribution in [2.45, 2.75) is 58.0 Å². The molecule has 1 aromatic carbocycles. The SMILES string of the molecule is CC[Si](CC)(CC)O[C@H]1C=CO[C@@H](C(=O)n2nnc3ccccc32)[C@H]1C. The molecule has 0 saturated carbocycles. The minimum absolute atomic E-state index is 0.0908. The summed E-state index contributed by atoms with van der Waals surface area (Å²) in [5.74, 6) is -0.298. The Kier molecular flexibility index (Phi) is 5.57. The van der Waals surface area contributed by atoms with Crippen molar-refractivity contribution in [1.82, 2.24) is 15.0 Å². The van der Waals surface area contributed by atoms with Gasteiger partial charge in [-0.05, 0) is 36.3 Å². The van der Waals surface area contributed by atoms with Gasteiger partial charge in [0.2, 0.25) is 0 Å². The molecule has 3 rings (SSSR count). The van der Waals surface area contributed by atoms with Crippen molar-refractivity contribution in [3.8, 4) is 0 Å². The third-order valence-electron chi connectivity index (χ3n) is 5.61. The predicted molar refractivity (Wildman–Crippen MR) is 103 cm³/mol. The maximum atomic E-state index is 13.1. The Morgan fingerprint density at radius 1 is 1.23 bits per heavy atom. The van der Waals surface area contributed by atoms with Gasteiger partial charge < -0.3 is 9.16 Å². The summed E-state index contributed by atoms with van der Waals surface area (Å²) in [6.07, 6.45) is 2.80. The van der Waals surface area contributed by atoms with Crippen LogP contribution in [0.15, 0.2) is 36.6 Å². The van der Waals surface area contributed by atoms with Gasteiger partial charge in [-0.1, -0.05) is 45.0 Å². The van der Waals surface area contributed by atoms with E-state index < -0.39 is 14.4 Å². The topological polar surface area (TPSA) is 66.2 Å². The molecular formula is C19H27N3O3Si. The highest BCUT2D eigenvalue weighted by atomic mass is 28.4. The van der Waals surface area contributed by atoms with Crippen LogP contribution in [-0.4, -0.2) is 41.4 Å². The average Bonchev–Trinajstić information content (AvgIpc) is 3.11. The maximum absolute atomic E-state index is 13.1. The van der Waals surface area contributed by atoms with Crippen molar-refractivity contribution in [3.05, 3.63) is 36.6 Å². The Morgan fingerprint density at radius 2 is 1.92 bits per heavy atom. The molecule has 1 aliphatic heterocycles. The summed E-state index contributed by atoms with van der Waals surface area (Å²) in [6, 6.07) is 10.7. The van der Waals surface area contributed by atoms with Gasteiger partial charge in [-0.25, -0.2) is 0 Å². The molecule has 0 saturated heterocycles. The molecule has 6 nitrogen and oxygen atoms in total. The van der Waals surface area contributed by atoms with Gasteiger partial charge in [-0.2, -0.15) is 4.68 Å². The van der Waals surface area contributed by atoms with Crippen LogP contribution in [0, 0.1) is 5.92 Å². The number of ether oxygens (including phenoxy) is 1. The average molecular weight is 374 g/mol. The van der Waals surface area contributed by atoms with Crippen LogP contribution in [-0.2, 0) is 9.16 Å². The highest BCUT2D eigenvalue weighted by molar-refractivity contribution is 6.73. The van der Waals surface area contributed by atoms with Crippen molar-refractivity contribution in [2.24, 2.45) is 5.92 Å². The fraction of sp³-hybridized carbons (Fsp3) is 0.526. The highest BCUT2D eigenvalue weighted by Gasteiger charge is 2.40. The highest BCUT2D eigenvalue weighted by Crippen LogP contribution is 2.30. The molecule has 0 radical (unpaired) electrons. The Balaban J connectivity index is 1.83. The van der Waals surface area contributed by atoms with E-state index in [-0.39, 0.29) is 17.9 Å². The third kappa shape index (κ3) is 3.33. The van der Waals surface area contributed by atoms with E-state index in [1.54, 1.807) is 6.26 Å². The summed E-state index contributed by atoms with van der Waals surface area (Å²) in [5, 5.41) is 8.11. The van der Waals surface area contributed by atoms with E-state index in [1.807, 2.05) is 37.3 Å². The first-order valence-corrected chi connectivity index (χ1v) is 11.9. The zero-order valence-corrected chi connectivity index (χ0v) is 16.9. The summed E-state index contributed by atoms with van der Waals surface area (Å²) in [4.78, 5) is 13.1. The smallest absolute Gasteiger partial charge is 0.290 e. The van der Waals surface area contributed by atoms with Crippen LogP contribution in [0.5, 0.6) is 0 Å². The number of benzene rings is 1. The van der Waals surface area contributed by atoms with Crippen molar-refractivity contribution < 1.29 is 14.0 Å². The van der Waals surface area contributed by atoms with E-state index in [0.717, 1.165) is 18.1 Å². The molecule has 1 aliphatic rings. The molecule has 140 valence electrons. The molecule has 26 heavy (non-hydrogen) atoms. The molecular weight excluding hydrogens is 346 g/mol. The second kappa shape index (κ2) is 7.71. The number of para-hydroxylation sites is 1. The standard InChI is InChI=1S/C19H27N3O3Si/c1-5-26(6-2,7-3)25-17-12-13-24-18(14(17)4)19(23)22-16-11-9-8-10-15(16)20-21-22/h8-14,17-18H,5-7H2,1-4H3/t14-,17-,18+/m0/s1. The fourth-order valence-corrected chi connectivity index (χ4v) is 6.42. The number of aromatic nitrogens is 3. The molecule has 1 aromatic heterocycles. The van der Waals surface area contributed by atoms with Crippen LogP contribution in [0.25, 0.3) is 11.0 Å². The summed E-state index contributed by atoms with van der Waals surface area (Å²) in [5.41, 5.74) is 1.39. The van der Waals surface area contributed by atoms with Crippen LogP contribution in [0.1, 0.15) is 32.5 Å². The summed E-state index contributed by atoms with van der Waals surface area (Å²) in [6.45, 7) is 8.63. The van der Waals surface area contributed by atoms with Crippen molar-refractivity contribution >= 4 is 25.3 Å². The molecule has 0 fully saturated rings. The molecule has 2 heterocycles. The van der Waals surface area contributed by atoms with E-state index >= 15 is 0 Å². The Labute approximate surface area is 155 Å². The zero-order chi connectivity index (χ0) is 18.7. The second-order valence-electron chi connectivity index (χ2n) is 6.90. The lowest BCUT2D eigenvalue weighted by Gasteiger charge is -2.38. The largest absolute Gasteiger partial charge is 0.488 e. The van der Waals surface area contributed by atoms with Gasteiger partial charge in [0.05, 0.1) is 17.9 Å². The van der Waals surface area contributed by atoms with Crippen molar-refractivity contribution in [2.75, 3.05) is 0 Å². The van der Waals surface area contributed by atoms with E-state index in [9.17, 15) is 4.79 Å². The van der Waals surface area contributed by atoms with Gasteiger partial charge >= 0.3 is 0 Å². The molecule has 3 atom stereocenters. The maximum Gasteiger partial charge on any atom is 0.290 e. The predicted octanol–water partition coefficient (Wildman–Crippen LogP) is 4.01. The van der Waals surface area contributed by atoms with Gasteiger partial charge in [0.15, 0.2) is 14.4 Å². The van der Waals surface area contributed by atoms with Crippen molar-refractivity contribution in [3.63, 3.8) is 0 Å². The van der Waals surface area contributed by atoms with E-state index in [1.165, 1.54) is 4.68 Å². The lowest BCUT2D eigenvalue weighted by Crippen LogP contribution is -2.48. The first kappa shape index (κ1) is 18.8. The first-order valence-electron chi connectivity index (χ1n) is 9.39. The Bertz CT molecular complexity index is 792. The number of carbonyl (C=O) groups is 1. The Hall–Kier alpha value is -1.99. The second-order valence-corrected chi connectivity index (χ2v) is 11.6. The molecule has 0 amide bonds. The first-order chi connectivity index (χ1) is 12.5. The monoisotopic (exact) mass is 373 g/mol. The molecule has 0 N–H and O–H groups in total. The summed E-state index contributed by atoms with van der Waals surface area (Å²) in [7, 11) is -1.77. The van der Waals surface area contributed by atoms with E-state index in [2.05, 4.69) is 31.1 Å². The fourth-order valence-electron chi connectivity index (χ4n) is 3.55. The molecule has 0 aliphatic carbocycles. The molecule has 2 aromatic rings. The quantitative estimate of drug-likeness (QED) is 0.716. The number of fused-ring (bicyclic) bond motifs is 1. The lowest BCUT2D eigenvalue weighted by atomic mass is 9.95.